The van der Waals surface area contributed by atoms with Crippen LogP contribution >= 0.6 is 0 Å². The lowest BCUT2D eigenvalue weighted by Crippen LogP contribution is -2.08. The quantitative estimate of drug-likeness (QED) is 0.699. The molecule has 0 saturated carbocycles. The molecular formula is C11H21N3. The predicted molar refractivity (Wildman–Crippen MR) is 59.5 cm³/mol. The van der Waals surface area contributed by atoms with E-state index in [-0.39, 0.29) is 0 Å². The smallest absolute Gasteiger partial charge is 0.0628 e. The average molecular weight is 195 g/mol. The fraction of sp³-hybridized carbons (Fsp3) is 0.727. The van der Waals surface area contributed by atoms with Crippen molar-refractivity contribution in [2.45, 2.75) is 39.7 Å². The van der Waals surface area contributed by atoms with Gasteiger partial charge in [0.05, 0.1) is 5.69 Å². The lowest BCUT2D eigenvalue weighted by atomic mass is 10.2. The summed E-state index contributed by atoms with van der Waals surface area (Å²) in [5, 5.41) is 7.71. The molecule has 0 aliphatic rings. The van der Waals surface area contributed by atoms with Crippen molar-refractivity contribution in [1.29, 1.82) is 0 Å². The predicted octanol–water partition coefficient (Wildman–Crippen LogP) is 1.62. The largest absolute Gasteiger partial charge is 0.320 e. The number of nitrogens with zero attached hydrogens (tertiary/aromatic N) is 2. The molecule has 0 aliphatic carbocycles. The van der Waals surface area contributed by atoms with Crippen LogP contribution in [0.4, 0.5) is 0 Å². The third-order valence-electron chi connectivity index (χ3n) is 2.44. The lowest BCUT2D eigenvalue weighted by Gasteiger charge is -1.99. The van der Waals surface area contributed by atoms with Crippen LogP contribution in [0.25, 0.3) is 0 Å². The van der Waals surface area contributed by atoms with E-state index in [9.17, 15) is 0 Å². The molecule has 0 atom stereocenters. The first-order valence-electron chi connectivity index (χ1n) is 5.52. The summed E-state index contributed by atoms with van der Waals surface area (Å²) < 4.78 is 2.11. The topological polar surface area (TPSA) is 29.9 Å². The molecule has 1 N–H and O–H groups in total. The Morgan fingerprint density at radius 1 is 1.43 bits per heavy atom. The highest BCUT2D eigenvalue weighted by Gasteiger charge is 2.03. The Kier molecular flexibility index (Phi) is 4.66. The highest BCUT2D eigenvalue weighted by molar-refractivity contribution is 5.10. The van der Waals surface area contributed by atoms with Crippen molar-refractivity contribution in [1.82, 2.24) is 15.1 Å². The van der Waals surface area contributed by atoms with Crippen LogP contribution in [-0.4, -0.2) is 23.4 Å². The van der Waals surface area contributed by atoms with E-state index in [4.69, 9.17) is 0 Å². The van der Waals surface area contributed by atoms with Crippen LogP contribution < -0.4 is 5.32 Å². The molecule has 1 aromatic heterocycles. The fourth-order valence-corrected chi connectivity index (χ4v) is 1.64. The first-order chi connectivity index (χ1) is 6.81. The maximum Gasteiger partial charge on any atom is 0.0628 e. The standard InChI is InChI=1S/C11H21N3/c1-4-11-9-10(7-6-8-12-3)13-14(11)5-2/h9,12H,4-8H2,1-3H3. The molecule has 0 amide bonds. The second-order valence-electron chi connectivity index (χ2n) is 3.50. The molecule has 0 spiro atoms. The van der Waals surface area contributed by atoms with Crippen molar-refractivity contribution in [3.05, 3.63) is 17.5 Å². The molecule has 3 heteroatoms. The van der Waals surface area contributed by atoms with Gasteiger partial charge in [-0.25, -0.2) is 0 Å². The van der Waals surface area contributed by atoms with Crippen LogP contribution in [0.3, 0.4) is 0 Å². The molecule has 0 fully saturated rings. The molecule has 0 unspecified atom stereocenters. The van der Waals surface area contributed by atoms with Crippen molar-refractivity contribution in [3.8, 4) is 0 Å². The minimum Gasteiger partial charge on any atom is -0.320 e. The van der Waals surface area contributed by atoms with Crippen molar-refractivity contribution >= 4 is 0 Å². The number of nitrogens with one attached hydrogen (secondary N) is 1. The third kappa shape index (κ3) is 2.84. The van der Waals surface area contributed by atoms with Gasteiger partial charge in [0.15, 0.2) is 0 Å². The molecule has 0 bridgehead atoms. The van der Waals surface area contributed by atoms with Gasteiger partial charge in [-0.05, 0) is 45.8 Å². The summed E-state index contributed by atoms with van der Waals surface area (Å²) in [7, 11) is 1.99. The van der Waals surface area contributed by atoms with Gasteiger partial charge in [-0.2, -0.15) is 5.10 Å². The second kappa shape index (κ2) is 5.81. The maximum atomic E-state index is 4.56. The van der Waals surface area contributed by atoms with Crippen LogP contribution in [0.15, 0.2) is 6.07 Å². The molecule has 1 heterocycles. The minimum absolute atomic E-state index is 0.981. The summed E-state index contributed by atoms with van der Waals surface area (Å²) in [6.07, 6.45) is 3.33. The van der Waals surface area contributed by atoms with Crippen molar-refractivity contribution in [3.63, 3.8) is 0 Å². The van der Waals surface area contributed by atoms with Crippen molar-refractivity contribution < 1.29 is 0 Å². The molecule has 80 valence electrons. The molecule has 0 aromatic carbocycles. The van der Waals surface area contributed by atoms with E-state index in [2.05, 4.69) is 35.0 Å². The van der Waals surface area contributed by atoms with E-state index in [1.54, 1.807) is 0 Å². The number of hydrogen-bond donors (Lipinski definition) is 1. The van der Waals surface area contributed by atoms with Gasteiger partial charge in [0.1, 0.15) is 0 Å². The highest BCUT2D eigenvalue weighted by Crippen LogP contribution is 2.07. The number of aryl methyl sites for hydroxylation is 3. The van der Waals surface area contributed by atoms with E-state index >= 15 is 0 Å². The SMILES string of the molecule is CCc1cc(CCCNC)nn1CC. The second-order valence-corrected chi connectivity index (χ2v) is 3.50. The van der Waals surface area contributed by atoms with Crippen molar-refractivity contribution in [2.24, 2.45) is 0 Å². The van der Waals surface area contributed by atoms with E-state index in [1.807, 2.05) is 7.05 Å². The van der Waals surface area contributed by atoms with Crippen LogP contribution in [-0.2, 0) is 19.4 Å². The Balaban J connectivity index is 2.55. The van der Waals surface area contributed by atoms with Crippen LogP contribution in [0.5, 0.6) is 0 Å². The van der Waals surface area contributed by atoms with Crippen LogP contribution in [0.1, 0.15) is 31.7 Å². The minimum atomic E-state index is 0.981. The van der Waals surface area contributed by atoms with Gasteiger partial charge >= 0.3 is 0 Å². The molecule has 3 nitrogen and oxygen atoms in total. The maximum absolute atomic E-state index is 4.56. The molecule has 0 aliphatic heterocycles. The number of rotatable bonds is 6. The normalized spacial score (nSPS) is 10.8. The van der Waals surface area contributed by atoms with E-state index in [0.717, 1.165) is 25.9 Å². The summed E-state index contributed by atoms with van der Waals surface area (Å²) in [5.74, 6) is 0. The average Bonchev–Trinajstić information content (AvgIpc) is 2.61. The Labute approximate surface area is 86.5 Å². The summed E-state index contributed by atoms with van der Waals surface area (Å²) in [4.78, 5) is 0. The lowest BCUT2D eigenvalue weighted by molar-refractivity contribution is 0.610. The molecule has 14 heavy (non-hydrogen) atoms. The molecule has 1 aromatic rings. The number of hydrogen-bond acceptors (Lipinski definition) is 2. The summed E-state index contributed by atoms with van der Waals surface area (Å²) in [6.45, 7) is 6.37. The monoisotopic (exact) mass is 195 g/mol. The highest BCUT2D eigenvalue weighted by atomic mass is 15.3. The summed E-state index contributed by atoms with van der Waals surface area (Å²) in [5.41, 5.74) is 2.59. The Bertz CT molecular complexity index is 244. The van der Waals surface area contributed by atoms with Crippen molar-refractivity contribution in [2.75, 3.05) is 13.6 Å². The molecule has 0 saturated heterocycles. The van der Waals surface area contributed by atoms with Gasteiger partial charge in [0.2, 0.25) is 0 Å². The third-order valence-corrected chi connectivity index (χ3v) is 2.44. The Hall–Kier alpha value is -0.830. The summed E-state index contributed by atoms with van der Waals surface area (Å²) in [6, 6.07) is 2.24. The summed E-state index contributed by atoms with van der Waals surface area (Å²) >= 11 is 0. The van der Waals surface area contributed by atoms with E-state index < -0.39 is 0 Å². The molecular weight excluding hydrogens is 174 g/mol. The van der Waals surface area contributed by atoms with Crippen LogP contribution in [0.2, 0.25) is 0 Å². The van der Waals surface area contributed by atoms with Gasteiger partial charge in [-0.15, -0.1) is 0 Å². The zero-order valence-electron chi connectivity index (χ0n) is 9.51. The van der Waals surface area contributed by atoms with Gasteiger partial charge < -0.3 is 5.32 Å². The van der Waals surface area contributed by atoms with E-state index in [0.29, 0.717) is 0 Å². The Morgan fingerprint density at radius 2 is 2.21 bits per heavy atom. The first kappa shape index (κ1) is 11.2. The zero-order chi connectivity index (χ0) is 10.4. The number of aromatic nitrogens is 2. The first-order valence-corrected chi connectivity index (χ1v) is 5.52. The van der Waals surface area contributed by atoms with Gasteiger partial charge in [-0.1, -0.05) is 6.92 Å². The van der Waals surface area contributed by atoms with Gasteiger partial charge in [-0.3, -0.25) is 4.68 Å². The van der Waals surface area contributed by atoms with Crippen LogP contribution in [0, 0.1) is 0 Å². The van der Waals surface area contributed by atoms with E-state index in [1.165, 1.54) is 17.8 Å². The Morgan fingerprint density at radius 3 is 2.71 bits per heavy atom. The molecule has 0 radical (unpaired) electrons. The fourth-order valence-electron chi connectivity index (χ4n) is 1.64. The van der Waals surface area contributed by atoms with Gasteiger partial charge in [0.25, 0.3) is 0 Å². The molecule has 1 rings (SSSR count). The zero-order valence-corrected chi connectivity index (χ0v) is 9.51. The van der Waals surface area contributed by atoms with Gasteiger partial charge in [0, 0.05) is 12.2 Å².